The van der Waals surface area contributed by atoms with E-state index in [-0.39, 0.29) is 5.91 Å². The molecule has 0 aliphatic carbocycles. The lowest BCUT2D eigenvalue weighted by Gasteiger charge is -2.09. The predicted octanol–water partition coefficient (Wildman–Crippen LogP) is 5.55. The van der Waals surface area contributed by atoms with Crippen molar-refractivity contribution in [3.05, 3.63) is 94.9 Å². The quantitative estimate of drug-likeness (QED) is 0.333. The van der Waals surface area contributed by atoms with Crippen molar-refractivity contribution < 1.29 is 4.79 Å². The molecule has 3 aromatic carbocycles. The van der Waals surface area contributed by atoms with E-state index in [4.69, 9.17) is 0 Å². The zero-order valence-corrected chi connectivity index (χ0v) is 17.3. The first kappa shape index (κ1) is 19.0. The van der Waals surface area contributed by atoms with Crippen LogP contribution < -0.4 is 10.6 Å². The van der Waals surface area contributed by atoms with Crippen LogP contribution in [0.2, 0.25) is 0 Å². The molecule has 0 aliphatic heterocycles. The van der Waals surface area contributed by atoms with Crippen molar-refractivity contribution in [2.75, 3.05) is 10.6 Å². The van der Waals surface area contributed by atoms with Crippen LogP contribution in [0.1, 0.15) is 16.1 Å². The summed E-state index contributed by atoms with van der Waals surface area (Å²) < 4.78 is 0. The molecule has 5 rings (SSSR count). The third kappa shape index (κ3) is 4.31. The van der Waals surface area contributed by atoms with Crippen LogP contribution in [0.3, 0.4) is 0 Å². The molecule has 0 unspecified atom stereocenters. The third-order valence-electron chi connectivity index (χ3n) is 4.92. The van der Waals surface area contributed by atoms with Gasteiger partial charge in [-0.2, -0.15) is 0 Å². The van der Waals surface area contributed by atoms with Gasteiger partial charge >= 0.3 is 0 Å². The molecule has 5 aromatic rings. The maximum Gasteiger partial charge on any atom is 0.275 e. The lowest BCUT2D eigenvalue weighted by molar-refractivity contribution is 0.102. The number of aromatic nitrogens is 3. The number of hydrogen-bond donors (Lipinski definition) is 3. The van der Waals surface area contributed by atoms with E-state index in [1.807, 2.05) is 60.7 Å². The zero-order chi connectivity index (χ0) is 21.0. The Morgan fingerprint density at radius 3 is 2.45 bits per heavy atom. The topological polar surface area (TPSA) is 82.7 Å². The maximum atomic E-state index is 12.1. The maximum absolute atomic E-state index is 12.1. The molecule has 2 heterocycles. The van der Waals surface area contributed by atoms with Gasteiger partial charge in [-0.05, 0) is 54.1 Å². The number of aromatic amines is 1. The average molecular weight is 426 g/mol. The fraction of sp³-hybridized carbons (Fsp3) is 0.0417. The highest BCUT2D eigenvalue weighted by molar-refractivity contribution is 7.07. The van der Waals surface area contributed by atoms with Crippen molar-refractivity contribution in [1.82, 2.24) is 15.0 Å². The van der Waals surface area contributed by atoms with Crippen molar-refractivity contribution in [3.8, 4) is 11.4 Å². The second kappa shape index (κ2) is 8.41. The van der Waals surface area contributed by atoms with Gasteiger partial charge in [0.05, 0.1) is 16.5 Å². The Kier molecular flexibility index (Phi) is 5.16. The lowest BCUT2D eigenvalue weighted by atomic mass is 10.1. The number of imidazole rings is 1. The SMILES string of the molecule is O=C(Nc1ccc(CNc2ccc(-c3nc4ccccc4[nH]3)cc2)cc1)c1cscn1. The number of anilines is 2. The zero-order valence-electron chi connectivity index (χ0n) is 16.5. The molecule has 0 saturated carbocycles. The van der Waals surface area contributed by atoms with E-state index in [0.29, 0.717) is 12.2 Å². The van der Waals surface area contributed by atoms with E-state index in [1.54, 1.807) is 10.9 Å². The highest BCUT2D eigenvalue weighted by Gasteiger charge is 2.08. The number of amides is 1. The molecule has 31 heavy (non-hydrogen) atoms. The van der Waals surface area contributed by atoms with Gasteiger partial charge in [0.25, 0.3) is 5.91 Å². The van der Waals surface area contributed by atoms with Gasteiger partial charge in [-0.25, -0.2) is 9.97 Å². The molecule has 0 aliphatic rings. The molecular weight excluding hydrogens is 406 g/mol. The number of benzene rings is 3. The molecule has 0 radical (unpaired) electrons. The number of para-hydroxylation sites is 2. The number of fused-ring (bicyclic) bond motifs is 1. The Morgan fingerprint density at radius 1 is 0.935 bits per heavy atom. The molecule has 2 aromatic heterocycles. The van der Waals surface area contributed by atoms with Gasteiger partial charge < -0.3 is 15.6 Å². The van der Waals surface area contributed by atoms with Crippen LogP contribution in [0, 0.1) is 0 Å². The van der Waals surface area contributed by atoms with Crippen molar-refractivity contribution >= 4 is 39.7 Å². The number of nitrogens with zero attached hydrogens (tertiary/aromatic N) is 2. The Balaban J connectivity index is 1.19. The van der Waals surface area contributed by atoms with Crippen LogP contribution in [-0.2, 0) is 6.54 Å². The van der Waals surface area contributed by atoms with Crippen LogP contribution in [0.5, 0.6) is 0 Å². The average Bonchev–Trinajstić information content (AvgIpc) is 3.49. The van der Waals surface area contributed by atoms with Gasteiger partial charge in [-0.3, -0.25) is 4.79 Å². The first-order chi connectivity index (χ1) is 15.2. The lowest BCUT2D eigenvalue weighted by Crippen LogP contribution is -2.12. The van der Waals surface area contributed by atoms with E-state index in [2.05, 4.69) is 37.7 Å². The van der Waals surface area contributed by atoms with Crippen molar-refractivity contribution in [1.29, 1.82) is 0 Å². The molecule has 0 bridgehead atoms. The monoisotopic (exact) mass is 425 g/mol. The Labute approximate surface area is 183 Å². The van der Waals surface area contributed by atoms with Crippen LogP contribution in [0.25, 0.3) is 22.4 Å². The van der Waals surface area contributed by atoms with Gasteiger partial charge in [0.15, 0.2) is 0 Å². The first-order valence-electron chi connectivity index (χ1n) is 9.82. The summed E-state index contributed by atoms with van der Waals surface area (Å²) in [7, 11) is 0. The molecule has 0 fully saturated rings. The summed E-state index contributed by atoms with van der Waals surface area (Å²) in [5.41, 5.74) is 8.01. The van der Waals surface area contributed by atoms with Gasteiger partial charge in [0, 0.05) is 28.9 Å². The third-order valence-corrected chi connectivity index (χ3v) is 5.51. The highest BCUT2D eigenvalue weighted by Crippen LogP contribution is 2.22. The minimum atomic E-state index is -0.198. The molecule has 0 spiro atoms. The predicted molar refractivity (Wildman–Crippen MR) is 125 cm³/mol. The smallest absolute Gasteiger partial charge is 0.275 e. The Morgan fingerprint density at radius 2 is 1.71 bits per heavy atom. The summed E-state index contributed by atoms with van der Waals surface area (Å²) in [5.74, 6) is 0.666. The molecule has 1 amide bonds. The first-order valence-corrected chi connectivity index (χ1v) is 10.8. The Bertz CT molecular complexity index is 1280. The van der Waals surface area contributed by atoms with Crippen molar-refractivity contribution in [3.63, 3.8) is 0 Å². The van der Waals surface area contributed by atoms with Crippen molar-refractivity contribution in [2.24, 2.45) is 0 Å². The minimum absolute atomic E-state index is 0.198. The minimum Gasteiger partial charge on any atom is -0.381 e. The number of hydrogen-bond acceptors (Lipinski definition) is 5. The van der Waals surface area contributed by atoms with Crippen molar-refractivity contribution in [2.45, 2.75) is 6.54 Å². The number of H-pyrrole nitrogens is 1. The molecule has 7 heteroatoms. The summed E-state index contributed by atoms with van der Waals surface area (Å²) in [5, 5.41) is 8.00. The van der Waals surface area contributed by atoms with Crippen LogP contribution >= 0.6 is 11.3 Å². The van der Waals surface area contributed by atoms with Gasteiger partial charge in [0.2, 0.25) is 0 Å². The second-order valence-corrected chi connectivity index (χ2v) is 7.78. The van der Waals surface area contributed by atoms with Crippen LogP contribution in [0.4, 0.5) is 11.4 Å². The van der Waals surface area contributed by atoms with Gasteiger partial charge in [-0.15, -0.1) is 11.3 Å². The largest absolute Gasteiger partial charge is 0.381 e. The van der Waals surface area contributed by atoms with Crippen LogP contribution in [0.15, 0.2) is 83.7 Å². The highest BCUT2D eigenvalue weighted by atomic mass is 32.1. The summed E-state index contributed by atoms with van der Waals surface area (Å²) in [6.07, 6.45) is 0. The summed E-state index contributed by atoms with van der Waals surface area (Å²) in [4.78, 5) is 24.1. The number of rotatable bonds is 6. The summed E-state index contributed by atoms with van der Waals surface area (Å²) in [6, 6.07) is 24.0. The Hall–Kier alpha value is -3.97. The van der Waals surface area contributed by atoms with E-state index in [0.717, 1.165) is 39.4 Å². The van der Waals surface area contributed by atoms with Gasteiger partial charge in [0.1, 0.15) is 11.5 Å². The fourth-order valence-corrected chi connectivity index (χ4v) is 3.80. The number of carbonyl (C=O) groups is 1. The molecule has 3 N–H and O–H groups in total. The standard InChI is InChI=1S/C24H19N5OS/c30-24(22-14-31-15-26-22)27-19-9-5-16(6-10-19)13-25-18-11-7-17(8-12-18)23-28-20-3-1-2-4-21(20)29-23/h1-12,14-15,25H,13H2,(H,27,30)(H,28,29). The number of carbonyl (C=O) groups excluding carboxylic acids is 1. The van der Waals surface area contributed by atoms with E-state index in [1.165, 1.54) is 11.3 Å². The molecule has 152 valence electrons. The molecule has 0 saturated heterocycles. The molecule has 0 atom stereocenters. The summed E-state index contributed by atoms with van der Waals surface area (Å²) >= 11 is 1.40. The number of thiazole rings is 1. The second-order valence-electron chi connectivity index (χ2n) is 7.06. The molecule has 6 nitrogen and oxygen atoms in total. The van der Waals surface area contributed by atoms with E-state index >= 15 is 0 Å². The molecular formula is C24H19N5OS. The van der Waals surface area contributed by atoms with E-state index in [9.17, 15) is 4.79 Å². The normalized spacial score (nSPS) is 10.8. The van der Waals surface area contributed by atoms with E-state index < -0.39 is 0 Å². The summed E-state index contributed by atoms with van der Waals surface area (Å²) in [6.45, 7) is 0.685. The van der Waals surface area contributed by atoms with Crippen LogP contribution in [-0.4, -0.2) is 20.9 Å². The fourth-order valence-electron chi connectivity index (χ4n) is 3.27. The number of nitrogens with one attached hydrogen (secondary N) is 3. The van der Waals surface area contributed by atoms with Gasteiger partial charge in [-0.1, -0.05) is 24.3 Å².